The second-order valence-corrected chi connectivity index (χ2v) is 5.94. The minimum absolute atomic E-state index is 0.133. The number of pyridine rings is 1. The quantitative estimate of drug-likeness (QED) is 0.794. The first kappa shape index (κ1) is 17.0. The van der Waals surface area contributed by atoms with Crippen molar-refractivity contribution >= 4 is 17.6 Å². The van der Waals surface area contributed by atoms with E-state index < -0.39 is 0 Å². The molecule has 0 saturated carbocycles. The third-order valence-corrected chi connectivity index (χ3v) is 4.36. The monoisotopic (exact) mass is 339 g/mol. The van der Waals surface area contributed by atoms with Crippen LogP contribution in [0.1, 0.15) is 15.9 Å². The van der Waals surface area contributed by atoms with Crippen molar-refractivity contribution in [3.05, 3.63) is 59.9 Å². The van der Waals surface area contributed by atoms with E-state index in [0.717, 1.165) is 24.3 Å². The van der Waals surface area contributed by atoms with Crippen LogP contribution in [-0.4, -0.2) is 55.0 Å². The Morgan fingerprint density at radius 3 is 2.40 bits per heavy atom. The predicted octanol–water partition coefficient (Wildman–Crippen LogP) is 1.76. The van der Waals surface area contributed by atoms with Crippen LogP contribution in [0.15, 0.2) is 48.8 Å². The molecule has 1 saturated heterocycles. The van der Waals surface area contributed by atoms with Gasteiger partial charge < -0.3 is 14.5 Å². The van der Waals surface area contributed by atoms with Gasteiger partial charge in [0.05, 0.1) is 19.1 Å². The highest BCUT2D eigenvalue weighted by Gasteiger charge is 2.21. The molecule has 1 aromatic carbocycles. The van der Waals surface area contributed by atoms with Crippen LogP contribution >= 0.6 is 0 Å². The van der Waals surface area contributed by atoms with Gasteiger partial charge in [-0.1, -0.05) is 6.07 Å². The Morgan fingerprint density at radius 2 is 1.80 bits per heavy atom. The van der Waals surface area contributed by atoms with Crippen LogP contribution in [0.4, 0.5) is 5.69 Å². The summed E-state index contributed by atoms with van der Waals surface area (Å²) in [4.78, 5) is 32.0. The Hall–Kier alpha value is -2.89. The van der Waals surface area contributed by atoms with E-state index in [9.17, 15) is 9.59 Å². The molecule has 1 aliphatic rings. The maximum absolute atomic E-state index is 12.4. The number of carbonyl (C=O) groups is 2. The highest BCUT2D eigenvalue weighted by molar-refractivity contribution is 5.89. The molecule has 1 aromatic heterocycles. The maximum atomic E-state index is 12.4. The Kier molecular flexibility index (Phi) is 5.28. The molecular weight excluding hydrogens is 318 g/mol. The molecule has 6 heteroatoms. The van der Waals surface area contributed by atoms with Crippen molar-refractivity contribution < 1.29 is 14.3 Å². The summed E-state index contributed by atoms with van der Waals surface area (Å²) in [5.41, 5.74) is 2.52. The molecule has 6 nitrogen and oxygen atoms in total. The molecule has 0 unspecified atom stereocenters. The van der Waals surface area contributed by atoms with Crippen LogP contribution in [0.25, 0.3) is 0 Å². The summed E-state index contributed by atoms with van der Waals surface area (Å²) in [6.07, 6.45) is 3.83. The van der Waals surface area contributed by atoms with Crippen molar-refractivity contribution in [1.82, 2.24) is 9.88 Å². The first-order valence-electron chi connectivity index (χ1n) is 8.27. The van der Waals surface area contributed by atoms with E-state index in [1.54, 1.807) is 24.5 Å². The molecule has 0 aliphatic carbocycles. The highest BCUT2D eigenvalue weighted by atomic mass is 16.5. The summed E-state index contributed by atoms with van der Waals surface area (Å²) in [6.45, 7) is 2.93. The van der Waals surface area contributed by atoms with Gasteiger partial charge in [-0.3, -0.25) is 9.78 Å². The predicted molar refractivity (Wildman–Crippen MR) is 94.5 cm³/mol. The Bertz CT molecular complexity index is 723. The van der Waals surface area contributed by atoms with Crippen LogP contribution in [0.3, 0.4) is 0 Å². The van der Waals surface area contributed by atoms with Gasteiger partial charge in [-0.15, -0.1) is 0 Å². The van der Waals surface area contributed by atoms with Crippen LogP contribution in [0.5, 0.6) is 0 Å². The molecule has 2 heterocycles. The average Bonchev–Trinajstić information content (AvgIpc) is 2.68. The van der Waals surface area contributed by atoms with Gasteiger partial charge in [-0.05, 0) is 35.9 Å². The number of esters is 1. The summed E-state index contributed by atoms with van der Waals surface area (Å²) in [7, 11) is 1.37. The van der Waals surface area contributed by atoms with Crippen LogP contribution < -0.4 is 4.90 Å². The van der Waals surface area contributed by atoms with Crippen LogP contribution in [-0.2, 0) is 16.0 Å². The second-order valence-electron chi connectivity index (χ2n) is 5.94. The standard InChI is InChI=1S/C19H21N3O3/c1-25-19(24)16-4-6-17(7-5-16)21-9-11-22(12-10-21)18(23)13-15-3-2-8-20-14-15/h2-8,14H,9-13H2,1H3. The lowest BCUT2D eigenvalue weighted by Crippen LogP contribution is -2.49. The summed E-state index contributed by atoms with van der Waals surface area (Å²) in [5, 5.41) is 0. The van der Waals surface area contributed by atoms with Crippen molar-refractivity contribution in [2.24, 2.45) is 0 Å². The number of amides is 1. The number of nitrogens with zero attached hydrogens (tertiary/aromatic N) is 3. The third kappa shape index (κ3) is 4.15. The topological polar surface area (TPSA) is 62.7 Å². The number of benzene rings is 1. The highest BCUT2D eigenvalue weighted by Crippen LogP contribution is 2.18. The number of methoxy groups -OCH3 is 1. The second kappa shape index (κ2) is 7.79. The van der Waals surface area contributed by atoms with Crippen molar-refractivity contribution in [3.63, 3.8) is 0 Å². The van der Waals surface area contributed by atoms with E-state index in [-0.39, 0.29) is 11.9 Å². The fourth-order valence-corrected chi connectivity index (χ4v) is 2.93. The Labute approximate surface area is 147 Å². The Balaban J connectivity index is 1.54. The number of carbonyl (C=O) groups excluding carboxylic acids is 2. The van der Waals surface area contributed by atoms with Crippen LogP contribution in [0, 0.1) is 0 Å². The largest absolute Gasteiger partial charge is 0.465 e. The molecule has 3 rings (SSSR count). The molecule has 1 aliphatic heterocycles. The minimum atomic E-state index is -0.336. The molecule has 1 amide bonds. The number of piperazine rings is 1. The molecule has 0 N–H and O–H groups in total. The van der Waals surface area contributed by atoms with E-state index in [2.05, 4.69) is 9.88 Å². The van der Waals surface area contributed by atoms with Gasteiger partial charge in [-0.25, -0.2) is 4.79 Å². The molecule has 2 aromatic rings. The third-order valence-electron chi connectivity index (χ3n) is 4.36. The molecular formula is C19H21N3O3. The van der Waals surface area contributed by atoms with E-state index >= 15 is 0 Å². The van der Waals surface area contributed by atoms with Crippen molar-refractivity contribution in [3.8, 4) is 0 Å². The maximum Gasteiger partial charge on any atom is 0.337 e. The van der Waals surface area contributed by atoms with E-state index in [0.29, 0.717) is 25.1 Å². The first-order chi connectivity index (χ1) is 12.2. The van der Waals surface area contributed by atoms with Gasteiger partial charge >= 0.3 is 5.97 Å². The lowest BCUT2D eigenvalue weighted by atomic mass is 10.1. The normalized spacial score (nSPS) is 14.3. The van der Waals surface area contributed by atoms with Crippen molar-refractivity contribution in [2.75, 3.05) is 38.2 Å². The summed E-state index contributed by atoms with van der Waals surface area (Å²) in [5.74, 6) is -0.203. The fraction of sp³-hybridized carbons (Fsp3) is 0.316. The number of rotatable bonds is 4. The smallest absolute Gasteiger partial charge is 0.337 e. The Morgan fingerprint density at radius 1 is 1.08 bits per heavy atom. The summed E-state index contributed by atoms with van der Waals surface area (Å²) >= 11 is 0. The van der Waals surface area contributed by atoms with E-state index in [1.165, 1.54) is 7.11 Å². The molecule has 0 atom stereocenters. The lowest BCUT2D eigenvalue weighted by molar-refractivity contribution is -0.130. The average molecular weight is 339 g/mol. The van der Waals surface area contributed by atoms with Gasteiger partial charge in [0.1, 0.15) is 0 Å². The van der Waals surface area contributed by atoms with Gasteiger partial charge in [0, 0.05) is 44.3 Å². The number of anilines is 1. The molecule has 0 bridgehead atoms. The molecule has 0 radical (unpaired) electrons. The zero-order valence-electron chi connectivity index (χ0n) is 14.2. The molecule has 130 valence electrons. The zero-order valence-corrected chi connectivity index (χ0v) is 14.2. The number of hydrogen-bond acceptors (Lipinski definition) is 5. The number of aromatic nitrogens is 1. The van der Waals surface area contributed by atoms with Gasteiger partial charge in [0.2, 0.25) is 5.91 Å². The van der Waals surface area contributed by atoms with Crippen molar-refractivity contribution in [2.45, 2.75) is 6.42 Å². The van der Waals surface area contributed by atoms with E-state index in [4.69, 9.17) is 4.74 Å². The first-order valence-corrected chi connectivity index (χ1v) is 8.27. The summed E-state index contributed by atoms with van der Waals surface area (Å²) < 4.78 is 4.71. The van der Waals surface area contributed by atoms with Crippen LogP contribution in [0.2, 0.25) is 0 Å². The van der Waals surface area contributed by atoms with Crippen molar-refractivity contribution in [1.29, 1.82) is 0 Å². The van der Waals surface area contributed by atoms with Gasteiger partial charge in [-0.2, -0.15) is 0 Å². The SMILES string of the molecule is COC(=O)c1ccc(N2CCN(C(=O)Cc3cccnc3)CC2)cc1. The molecule has 0 spiro atoms. The zero-order chi connectivity index (χ0) is 17.6. The molecule has 25 heavy (non-hydrogen) atoms. The summed E-state index contributed by atoms with van der Waals surface area (Å²) in [6, 6.07) is 11.1. The van der Waals surface area contributed by atoms with E-state index in [1.807, 2.05) is 29.2 Å². The fourth-order valence-electron chi connectivity index (χ4n) is 2.93. The minimum Gasteiger partial charge on any atom is -0.465 e. The number of hydrogen-bond donors (Lipinski definition) is 0. The lowest BCUT2D eigenvalue weighted by Gasteiger charge is -2.36. The van der Waals surface area contributed by atoms with Gasteiger partial charge in [0.15, 0.2) is 0 Å². The van der Waals surface area contributed by atoms with Gasteiger partial charge in [0.25, 0.3) is 0 Å². The molecule has 1 fully saturated rings. The number of ether oxygens (including phenoxy) is 1.